The second-order valence-electron chi connectivity index (χ2n) is 5.05. The first-order chi connectivity index (χ1) is 8.65. The molecule has 1 aliphatic rings. The molecule has 0 spiro atoms. The molecule has 0 aliphatic heterocycles. The molecule has 5 heteroatoms. The monoisotopic (exact) mass is 267 g/mol. The molecule has 0 bridgehead atoms. The van der Waals surface area contributed by atoms with E-state index < -0.39 is 0 Å². The average molecular weight is 267 g/mol. The van der Waals surface area contributed by atoms with Crippen LogP contribution in [0, 0.1) is 6.92 Å². The maximum atomic E-state index is 11.9. The summed E-state index contributed by atoms with van der Waals surface area (Å²) in [6.07, 6.45) is 6.37. The van der Waals surface area contributed by atoms with Crippen molar-refractivity contribution in [1.29, 1.82) is 0 Å². The van der Waals surface area contributed by atoms with Crippen molar-refractivity contribution in [3.8, 4) is 0 Å². The Labute approximate surface area is 112 Å². The van der Waals surface area contributed by atoms with Gasteiger partial charge in [0.1, 0.15) is 0 Å². The van der Waals surface area contributed by atoms with E-state index in [1.54, 1.807) is 0 Å². The summed E-state index contributed by atoms with van der Waals surface area (Å²) in [6, 6.07) is 0.572. The van der Waals surface area contributed by atoms with E-state index in [4.69, 9.17) is 0 Å². The Morgan fingerprint density at radius 3 is 2.83 bits per heavy atom. The molecule has 1 amide bonds. The van der Waals surface area contributed by atoms with Gasteiger partial charge in [-0.2, -0.15) is 0 Å². The molecule has 1 N–H and O–H groups in total. The molecule has 4 nitrogen and oxygen atoms in total. The molecule has 2 rings (SSSR count). The number of rotatable bonds is 4. The Bertz CT molecular complexity index is 399. The lowest BCUT2D eigenvalue weighted by Gasteiger charge is -2.30. The number of carbonyl (C=O) groups is 1. The lowest BCUT2D eigenvalue weighted by molar-refractivity contribution is -0.117. The van der Waals surface area contributed by atoms with Gasteiger partial charge >= 0.3 is 0 Å². The van der Waals surface area contributed by atoms with Crippen LogP contribution >= 0.6 is 11.3 Å². The van der Waals surface area contributed by atoms with Crippen molar-refractivity contribution in [1.82, 2.24) is 9.88 Å². The summed E-state index contributed by atoms with van der Waals surface area (Å²) in [7, 11) is 2.04. The third-order valence-electron chi connectivity index (χ3n) is 3.46. The summed E-state index contributed by atoms with van der Waals surface area (Å²) in [6.45, 7) is 2.39. The summed E-state index contributed by atoms with van der Waals surface area (Å²) in [4.78, 5) is 18.3. The van der Waals surface area contributed by atoms with Crippen LogP contribution in [0.5, 0.6) is 0 Å². The second kappa shape index (κ2) is 6.29. The van der Waals surface area contributed by atoms with Crippen LogP contribution in [0.3, 0.4) is 0 Å². The molecule has 0 saturated heterocycles. The van der Waals surface area contributed by atoms with Gasteiger partial charge in [0.2, 0.25) is 5.91 Å². The van der Waals surface area contributed by atoms with E-state index in [1.165, 1.54) is 43.4 Å². The first-order valence-electron chi connectivity index (χ1n) is 6.57. The quantitative estimate of drug-likeness (QED) is 0.912. The fraction of sp³-hybridized carbons (Fsp3) is 0.692. The van der Waals surface area contributed by atoms with Gasteiger partial charge in [0.25, 0.3) is 0 Å². The number of nitrogens with one attached hydrogen (secondary N) is 1. The summed E-state index contributed by atoms with van der Waals surface area (Å²) in [5.41, 5.74) is 0.955. The molecule has 1 heterocycles. The highest BCUT2D eigenvalue weighted by molar-refractivity contribution is 7.13. The van der Waals surface area contributed by atoms with Crippen molar-refractivity contribution in [3.05, 3.63) is 11.1 Å². The molecule has 0 radical (unpaired) electrons. The van der Waals surface area contributed by atoms with Crippen LogP contribution in [0.2, 0.25) is 0 Å². The molecule has 1 aliphatic carbocycles. The van der Waals surface area contributed by atoms with Crippen LogP contribution in [0.25, 0.3) is 0 Å². The Balaban J connectivity index is 1.79. The molecule has 1 fully saturated rings. The maximum absolute atomic E-state index is 11.9. The van der Waals surface area contributed by atoms with Gasteiger partial charge in [-0.05, 0) is 26.8 Å². The molecule has 0 aromatic carbocycles. The minimum Gasteiger partial charge on any atom is -0.301 e. The number of thiazole rings is 1. The number of likely N-dealkylation sites (N-methyl/N-ethyl adjacent to an activating group) is 1. The topological polar surface area (TPSA) is 45.2 Å². The summed E-state index contributed by atoms with van der Waals surface area (Å²) in [5, 5.41) is 5.51. The minimum atomic E-state index is 0.0393. The Morgan fingerprint density at radius 1 is 1.50 bits per heavy atom. The largest absolute Gasteiger partial charge is 0.301 e. The van der Waals surface area contributed by atoms with Crippen LogP contribution < -0.4 is 5.32 Å². The van der Waals surface area contributed by atoms with Crippen LogP contribution in [0.1, 0.15) is 37.8 Å². The van der Waals surface area contributed by atoms with Gasteiger partial charge in [0.15, 0.2) is 5.13 Å². The molecule has 100 valence electrons. The normalized spacial score (nSPS) is 17.1. The predicted octanol–water partition coefficient (Wildman–Crippen LogP) is 2.65. The fourth-order valence-corrected chi connectivity index (χ4v) is 3.15. The standard InChI is InChI=1S/C13H21N3OS/c1-10-9-18-13(14-10)15-12(17)8-16(2)11-6-4-3-5-7-11/h9,11H,3-8H2,1-2H3,(H,14,15,17). The number of carbonyl (C=O) groups excluding carboxylic acids is 1. The molecule has 0 atom stereocenters. The zero-order valence-corrected chi connectivity index (χ0v) is 11.9. The van der Waals surface area contributed by atoms with Gasteiger partial charge in [-0.3, -0.25) is 9.69 Å². The van der Waals surface area contributed by atoms with Crippen molar-refractivity contribution in [2.45, 2.75) is 45.1 Å². The first-order valence-corrected chi connectivity index (χ1v) is 7.45. The smallest absolute Gasteiger partial charge is 0.240 e. The first kappa shape index (κ1) is 13.5. The SMILES string of the molecule is Cc1csc(NC(=O)CN(C)C2CCCCC2)n1. The van der Waals surface area contributed by atoms with Crippen molar-refractivity contribution >= 4 is 22.4 Å². The molecule has 18 heavy (non-hydrogen) atoms. The number of nitrogens with zero attached hydrogens (tertiary/aromatic N) is 2. The van der Waals surface area contributed by atoms with E-state index in [9.17, 15) is 4.79 Å². The average Bonchev–Trinajstić information content (AvgIpc) is 2.75. The van der Waals surface area contributed by atoms with Crippen molar-refractivity contribution in [2.75, 3.05) is 18.9 Å². The van der Waals surface area contributed by atoms with Crippen molar-refractivity contribution < 1.29 is 4.79 Å². The van der Waals surface area contributed by atoms with Gasteiger partial charge in [-0.1, -0.05) is 19.3 Å². The number of aryl methyl sites for hydroxylation is 1. The number of amides is 1. The highest BCUT2D eigenvalue weighted by Crippen LogP contribution is 2.21. The van der Waals surface area contributed by atoms with Gasteiger partial charge < -0.3 is 5.32 Å². The molecule has 1 aromatic heterocycles. The number of hydrogen-bond donors (Lipinski definition) is 1. The third-order valence-corrected chi connectivity index (χ3v) is 4.33. The molecule has 0 unspecified atom stereocenters. The van der Waals surface area contributed by atoms with Crippen molar-refractivity contribution in [2.24, 2.45) is 0 Å². The zero-order valence-electron chi connectivity index (χ0n) is 11.1. The van der Waals surface area contributed by atoms with E-state index >= 15 is 0 Å². The lowest BCUT2D eigenvalue weighted by Crippen LogP contribution is -2.39. The highest BCUT2D eigenvalue weighted by Gasteiger charge is 2.20. The molecular formula is C13H21N3OS. The lowest BCUT2D eigenvalue weighted by atomic mass is 9.94. The van der Waals surface area contributed by atoms with Crippen LogP contribution in [-0.2, 0) is 4.79 Å². The van der Waals surface area contributed by atoms with Gasteiger partial charge in [-0.25, -0.2) is 4.98 Å². The van der Waals surface area contributed by atoms with Crippen LogP contribution in [-0.4, -0.2) is 35.4 Å². The van der Waals surface area contributed by atoms with Crippen molar-refractivity contribution in [3.63, 3.8) is 0 Å². The Kier molecular flexibility index (Phi) is 4.72. The molecule has 1 aromatic rings. The van der Waals surface area contributed by atoms with Gasteiger partial charge in [0, 0.05) is 11.4 Å². The van der Waals surface area contributed by atoms with Gasteiger partial charge in [-0.15, -0.1) is 11.3 Å². The molecule has 1 saturated carbocycles. The molecular weight excluding hydrogens is 246 g/mol. The summed E-state index contributed by atoms with van der Waals surface area (Å²) in [5.74, 6) is 0.0393. The van der Waals surface area contributed by atoms with E-state index in [2.05, 4.69) is 15.2 Å². The third kappa shape index (κ3) is 3.78. The van der Waals surface area contributed by atoms with Crippen LogP contribution in [0.4, 0.5) is 5.13 Å². The van der Waals surface area contributed by atoms with E-state index in [0.717, 1.165) is 5.69 Å². The van der Waals surface area contributed by atoms with Crippen LogP contribution in [0.15, 0.2) is 5.38 Å². The van der Waals surface area contributed by atoms with Gasteiger partial charge in [0.05, 0.1) is 12.2 Å². The highest BCUT2D eigenvalue weighted by atomic mass is 32.1. The van der Waals surface area contributed by atoms with E-state index in [-0.39, 0.29) is 5.91 Å². The maximum Gasteiger partial charge on any atom is 0.240 e. The zero-order chi connectivity index (χ0) is 13.0. The number of aromatic nitrogens is 1. The summed E-state index contributed by atoms with van der Waals surface area (Å²) >= 11 is 1.48. The number of anilines is 1. The Hall–Kier alpha value is -0.940. The predicted molar refractivity (Wildman–Crippen MR) is 75.0 cm³/mol. The second-order valence-corrected chi connectivity index (χ2v) is 5.91. The number of hydrogen-bond acceptors (Lipinski definition) is 4. The summed E-state index contributed by atoms with van der Waals surface area (Å²) < 4.78 is 0. The van der Waals surface area contributed by atoms with E-state index in [0.29, 0.717) is 17.7 Å². The minimum absolute atomic E-state index is 0.0393. The fourth-order valence-electron chi connectivity index (χ4n) is 2.45. The van der Waals surface area contributed by atoms with E-state index in [1.807, 2.05) is 19.4 Å². The Morgan fingerprint density at radius 2 is 2.22 bits per heavy atom.